The van der Waals surface area contributed by atoms with E-state index in [0.29, 0.717) is 25.4 Å². The third kappa shape index (κ3) is 4.44. The molecule has 2 aliphatic rings. The van der Waals surface area contributed by atoms with Crippen LogP contribution in [0, 0.1) is 0 Å². The second-order valence-electron chi connectivity index (χ2n) is 5.25. The third-order valence-corrected chi connectivity index (χ3v) is 4.00. The van der Waals surface area contributed by atoms with E-state index in [4.69, 9.17) is 0 Å². The lowest BCUT2D eigenvalue weighted by atomic mass is 10.1. The van der Waals surface area contributed by atoms with E-state index < -0.39 is 0 Å². The zero-order chi connectivity index (χ0) is 13.0. The summed E-state index contributed by atoms with van der Waals surface area (Å²) >= 11 is 0. The van der Waals surface area contributed by atoms with Gasteiger partial charge >= 0.3 is 0 Å². The molecule has 6 heteroatoms. The number of carbonyl (C=O) groups excluding carboxylic acids is 2. The van der Waals surface area contributed by atoms with Crippen molar-refractivity contribution in [1.29, 1.82) is 0 Å². The van der Waals surface area contributed by atoms with Crippen molar-refractivity contribution >= 4 is 24.2 Å². The molecule has 0 aromatic rings. The van der Waals surface area contributed by atoms with Crippen LogP contribution in [0.25, 0.3) is 0 Å². The molecule has 19 heavy (non-hydrogen) atoms. The van der Waals surface area contributed by atoms with Gasteiger partial charge < -0.3 is 10.2 Å². The highest BCUT2D eigenvalue weighted by atomic mass is 35.5. The molecule has 0 spiro atoms. The number of likely N-dealkylation sites (N-methyl/N-ethyl adjacent to an activating group) is 1. The minimum atomic E-state index is -0.00377. The molecular weight excluding hydrogens is 266 g/mol. The SMILES string of the molecule is CN(CCN1C(=O)CCC1=O)C1CCCNCC1.Cl. The van der Waals surface area contributed by atoms with Gasteiger partial charge in [0.15, 0.2) is 0 Å². The van der Waals surface area contributed by atoms with E-state index >= 15 is 0 Å². The van der Waals surface area contributed by atoms with Crippen LogP contribution in [0.15, 0.2) is 0 Å². The van der Waals surface area contributed by atoms with Gasteiger partial charge in [0.05, 0.1) is 0 Å². The minimum absolute atomic E-state index is 0. The summed E-state index contributed by atoms with van der Waals surface area (Å²) in [5, 5.41) is 3.40. The van der Waals surface area contributed by atoms with E-state index in [1.165, 1.54) is 17.7 Å². The van der Waals surface area contributed by atoms with Crippen LogP contribution in [0.3, 0.4) is 0 Å². The van der Waals surface area contributed by atoms with Crippen LogP contribution < -0.4 is 5.32 Å². The molecule has 2 amide bonds. The van der Waals surface area contributed by atoms with E-state index in [-0.39, 0.29) is 24.2 Å². The molecule has 0 saturated carbocycles. The number of imide groups is 1. The zero-order valence-corrected chi connectivity index (χ0v) is 12.4. The number of halogens is 1. The molecule has 0 bridgehead atoms. The lowest BCUT2D eigenvalue weighted by Crippen LogP contribution is -2.40. The van der Waals surface area contributed by atoms with Gasteiger partial charge in [0.2, 0.25) is 11.8 Å². The molecule has 2 saturated heterocycles. The molecule has 0 aromatic heterocycles. The molecule has 110 valence electrons. The Morgan fingerprint density at radius 1 is 1.21 bits per heavy atom. The largest absolute Gasteiger partial charge is 0.317 e. The fourth-order valence-corrected chi connectivity index (χ4v) is 2.75. The van der Waals surface area contributed by atoms with E-state index in [2.05, 4.69) is 17.3 Å². The first-order chi connectivity index (χ1) is 8.68. The van der Waals surface area contributed by atoms with Gasteiger partial charge in [0.1, 0.15) is 0 Å². The number of nitrogens with one attached hydrogen (secondary N) is 1. The predicted molar refractivity (Wildman–Crippen MR) is 76.3 cm³/mol. The monoisotopic (exact) mass is 289 g/mol. The summed E-state index contributed by atoms with van der Waals surface area (Å²) in [6.07, 6.45) is 4.35. The predicted octanol–water partition coefficient (Wildman–Crippen LogP) is 0.631. The number of amides is 2. The van der Waals surface area contributed by atoms with Crippen LogP contribution in [0.4, 0.5) is 0 Å². The maximum absolute atomic E-state index is 11.5. The standard InChI is InChI=1S/C13H23N3O2.ClH/c1-15(11-3-2-7-14-8-6-11)9-10-16-12(17)4-5-13(16)18;/h11,14H,2-10H2,1H3;1H. The van der Waals surface area contributed by atoms with Gasteiger partial charge in [0.25, 0.3) is 0 Å². The van der Waals surface area contributed by atoms with Crippen LogP contribution in [0.1, 0.15) is 32.1 Å². The summed E-state index contributed by atoms with van der Waals surface area (Å²) in [5.41, 5.74) is 0. The molecule has 2 aliphatic heterocycles. The van der Waals surface area contributed by atoms with Gasteiger partial charge in [-0.05, 0) is 39.4 Å². The Kier molecular flexibility index (Phi) is 6.75. The van der Waals surface area contributed by atoms with Gasteiger partial charge in [-0.3, -0.25) is 14.5 Å². The van der Waals surface area contributed by atoms with E-state index in [9.17, 15) is 9.59 Å². The Balaban J connectivity index is 0.00000180. The molecule has 1 atom stereocenters. The van der Waals surface area contributed by atoms with Crippen LogP contribution in [0.2, 0.25) is 0 Å². The molecule has 0 aromatic carbocycles. The Labute approximate surface area is 121 Å². The topological polar surface area (TPSA) is 52.7 Å². The number of hydrogen-bond donors (Lipinski definition) is 1. The summed E-state index contributed by atoms with van der Waals surface area (Å²) in [4.78, 5) is 26.7. The average molecular weight is 290 g/mol. The second kappa shape index (κ2) is 7.82. The van der Waals surface area contributed by atoms with Crippen molar-refractivity contribution in [2.45, 2.75) is 38.1 Å². The Hall–Kier alpha value is -0.650. The van der Waals surface area contributed by atoms with Crippen molar-refractivity contribution in [1.82, 2.24) is 15.1 Å². The van der Waals surface area contributed by atoms with Crippen molar-refractivity contribution in [3.63, 3.8) is 0 Å². The van der Waals surface area contributed by atoms with Crippen LogP contribution in [-0.4, -0.2) is 60.9 Å². The average Bonchev–Trinajstić information content (AvgIpc) is 2.61. The fraction of sp³-hybridized carbons (Fsp3) is 0.846. The Bertz CT molecular complexity index is 301. The summed E-state index contributed by atoms with van der Waals surface area (Å²) in [6, 6.07) is 0.577. The molecule has 0 radical (unpaired) electrons. The van der Waals surface area contributed by atoms with Crippen molar-refractivity contribution < 1.29 is 9.59 Å². The van der Waals surface area contributed by atoms with Gasteiger partial charge in [-0.15, -0.1) is 12.4 Å². The second-order valence-corrected chi connectivity index (χ2v) is 5.25. The first-order valence-electron chi connectivity index (χ1n) is 6.92. The normalized spacial score (nSPS) is 24.5. The summed E-state index contributed by atoms with van der Waals surface area (Å²) in [5.74, 6) is -0.00753. The quantitative estimate of drug-likeness (QED) is 0.772. The van der Waals surface area contributed by atoms with E-state index in [1.54, 1.807) is 0 Å². The van der Waals surface area contributed by atoms with E-state index in [1.807, 2.05) is 0 Å². The number of likely N-dealkylation sites (tertiary alicyclic amines) is 1. The lowest BCUT2D eigenvalue weighted by Gasteiger charge is -2.28. The molecule has 2 fully saturated rings. The van der Waals surface area contributed by atoms with Crippen molar-refractivity contribution in [2.75, 3.05) is 33.2 Å². The van der Waals surface area contributed by atoms with Crippen molar-refractivity contribution in [3.05, 3.63) is 0 Å². The lowest BCUT2D eigenvalue weighted by molar-refractivity contribution is -0.138. The first kappa shape index (κ1) is 16.4. The maximum atomic E-state index is 11.5. The molecular formula is C13H24ClN3O2. The van der Waals surface area contributed by atoms with Crippen LogP contribution in [-0.2, 0) is 9.59 Å². The smallest absolute Gasteiger partial charge is 0.229 e. The van der Waals surface area contributed by atoms with Gasteiger partial charge in [0, 0.05) is 32.0 Å². The van der Waals surface area contributed by atoms with Crippen molar-refractivity contribution in [3.8, 4) is 0 Å². The molecule has 2 heterocycles. The molecule has 1 N–H and O–H groups in total. The number of nitrogens with zero attached hydrogens (tertiary/aromatic N) is 2. The number of hydrogen-bond acceptors (Lipinski definition) is 4. The zero-order valence-electron chi connectivity index (χ0n) is 11.6. The number of carbonyl (C=O) groups is 2. The van der Waals surface area contributed by atoms with E-state index in [0.717, 1.165) is 26.1 Å². The Morgan fingerprint density at radius 3 is 2.58 bits per heavy atom. The number of rotatable bonds is 4. The Morgan fingerprint density at radius 2 is 1.89 bits per heavy atom. The highest BCUT2D eigenvalue weighted by Gasteiger charge is 2.29. The summed E-state index contributed by atoms with van der Waals surface area (Å²) < 4.78 is 0. The summed E-state index contributed by atoms with van der Waals surface area (Å²) in [7, 11) is 2.10. The maximum Gasteiger partial charge on any atom is 0.229 e. The molecule has 1 unspecified atom stereocenters. The molecule has 2 rings (SSSR count). The van der Waals surface area contributed by atoms with Gasteiger partial charge in [-0.2, -0.15) is 0 Å². The van der Waals surface area contributed by atoms with Crippen molar-refractivity contribution in [2.24, 2.45) is 0 Å². The molecule has 5 nitrogen and oxygen atoms in total. The highest BCUT2D eigenvalue weighted by Crippen LogP contribution is 2.14. The third-order valence-electron chi connectivity index (χ3n) is 4.00. The molecule has 0 aliphatic carbocycles. The van der Waals surface area contributed by atoms with Gasteiger partial charge in [-0.1, -0.05) is 0 Å². The van der Waals surface area contributed by atoms with Crippen LogP contribution in [0.5, 0.6) is 0 Å². The fourth-order valence-electron chi connectivity index (χ4n) is 2.75. The summed E-state index contributed by atoms with van der Waals surface area (Å²) in [6.45, 7) is 3.52. The van der Waals surface area contributed by atoms with Crippen LogP contribution >= 0.6 is 12.4 Å². The highest BCUT2D eigenvalue weighted by molar-refractivity contribution is 6.01. The minimum Gasteiger partial charge on any atom is -0.317 e. The van der Waals surface area contributed by atoms with Gasteiger partial charge in [-0.25, -0.2) is 0 Å². The first-order valence-corrected chi connectivity index (χ1v) is 6.92.